The van der Waals surface area contributed by atoms with Gasteiger partial charge in [0.05, 0.1) is 6.42 Å². The van der Waals surface area contributed by atoms with E-state index in [2.05, 4.69) is 9.97 Å². The Labute approximate surface area is 168 Å². The van der Waals surface area contributed by atoms with Crippen LogP contribution in [0.15, 0.2) is 48.8 Å². The molecule has 3 aromatic rings. The molecule has 0 saturated carbocycles. The molecule has 0 radical (unpaired) electrons. The number of anilines is 1. The number of halogens is 1. The SMILES string of the molecule is Cc1cc(-c2cnc(N)nc2)cc([C@H]2CCN(C(=O)Cc3ccc(F)cc3)C2)n1. The normalized spacial score (nSPS) is 16.2. The lowest BCUT2D eigenvalue weighted by atomic mass is 10.00. The third-order valence-corrected chi connectivity index (χ3v) is 5.21. The van der Waals surface area contributed by atoms with Gasteiger partial charge in [-0.3, -0.25) is 9.78 Å². The van der Waals surface area contributed by atoms with Gasteiger partial charge in [0, 0.05) is 48.4 Å². The molecule has 2 N–H and O–H groups in total. The molecular formula is C22H22FN5O. The van der Waals surface area contributed by atoms with E-state index in [1.807, 2.05) is 24.0 Å². The summed E-state index contributed by atoms with van der Waals surface area (Å²) in [7, 11) is 0. The minimum atomic E-state index is -0.296. The van der Waals surface area contributed by atoms with E-state index < -0.39 is 0 Å². The smallest absolute Gasteiger partial charge is 0.227 e. The first-order valence-corrected chi connectivity index (χ1v) is 9.56. The van der Waals surface area contributed by atoms with E-state index >= 15 is 0 Å². The molecule has 0 bridgehead atoms. The fourth-order valence-corrected chi connectivity index (χ4v) is 3.67. The molecule has 1 aliphatic heterocycles. The summed E-state index contributed by atoms with van der Waals surface area (Å²) in [4.78, 5) is 27.3. The maximum absolute atomic E-state index is 13.1. The number of pyridine rings is 1. The Morgan fingerprint density at radius 1 is 1.17 bits per heavy atom. The Kier molecular flexibility index (Phi) is 5.20. The van der Waals surface area contributed by atoms with E-state index in [1.165, 1.54) is 12.1 Å². The number of aromatic nitrogens is 3. The van der Waals surface area contributed by atoms with Crippen LogP contribution in [-0.2, 0) is 11.2 Å². The molecule has 2 aromatic heterocycles. The molecule has 1 aromatic carbocycles. The Bertz CT molecular complexity index is 1020. The lowest BCUT2D eigenvalue weighted by molar-refractivity contribution is -0.129. The van der Waals surface area contributed by atoms with Crippen molar-refractivity contribution < 1.29 is 9.18 Å². The van der Waals surface area contributed by atoms with E-state index in [9.17, 15) is 9.18 Å². The number of hydrogen-bond acceptors (Lipinski definition) is 5. The summed E-state index contributed by atoms with van der Waals surface area (Å²) in [6, 6.07) is 10.1. The number of likely N-dealkylation sites (tertiary alicyclic amines) is 1. The Balaban J connectivity index is 1.47. The molecule has 1 fully saturated rings. The van der Waals surface area contributed by atoms with Crippen LogP contribution in [0, 0.1) is 12.7 Å². The number of amides is 1. The molecule has 0 aliphatic carbocycles. The number of carbonyl (C=O) groups is 1. The van der Waals surface area contributed by atoms with Crippen LogP contribution < -0.4 is 5.73 Å². The van der Waals surface area contributed by atoms with Crippen molar-refractivity contribution in [3.8, 4) is 11.1 Å². The molecular weight excluding hydrogens is 369 g/mol. The van der Waals surface area contributed by atoms with Gasteiger partial charge in [-0.15, -0.1) is 0 Å². The molecule has 0 unspecified atom stereocenters. The highest BCUT2D eigenvalue weighted by Gasteiger charge is 2.28. The Hall–Kier alpha value is -3.35. The van der Waals surface area contributed by atoms with Crippen molar-refractivity contribution in [3.05, 3.63) is 71.6 Å². The molecule has 4 rings (SSSR count). The average molecular weight is 391 g/mol. The van der Waals surface area contributed by atoms with Crippen molar-refractivity contribution >= 4 is 11.9 Å². The van der Waals surface area contributed by atoms with Gasteiger partial charge in [0.25, 0.3) is 0 Å². The van der Waals surface area contributed by atoms with Crippen LogP contribution in [0.2, 0.25) is 0 Å². The van der Waals surface area contributed by atoms with Gasteiger partial charge in [0.15, 0.2) is 0 Å². The van der Waals surface area contributed by atoms with Crippen molar-refractivity contribution in [2.45, 2.75) is 25.7 Å². The number of benzene rings is 1. The van der Waals surface area contributed by atoms with Crippen LogP contribution in [0.3, 0.4) is 0 Å². The summed E-state index contributed by atoms with van der Waals surface area (Å²) in [5.74, 6) is 0.181. The van der Waals surface area contributed by atoms with Gasteiger partial charge < -0.3 is 10.6 Å². The molecule has 3 heterocycles. The van der Waals surface area contributed by atoms with Crippen LogP contribution in [-0.4, -0.2) is 38.8 Å². The second-order valence-corrected chi connectivity index (χ2v) is 7.38. The molecule has 7 heteroatoms. The van der Waals surface area contributed by atoms with E-state index in [0.717, 1.165) is 34.5 Å². The molecule has 0 spiro atoms. The monoisotopic (exact) mass is 391 g/mol. The highest BCUT2D eigenvalue weighted by molar-refractivity contribution is 5.79. The first-order chi connectivity index (χ1) is 14.0. The highest BCUT2D eigenvalue weighted by Crippen LogP contribution is 2.30. The quantitative estimate of drug-likeness (QED) is 0.739. The zero-order valence-corrected chi connectivity index (χ0v) is 16.2. The number of aryl methyl sites for hydroxylation is 1. The maximum Gasteiger partial charge on any atom is 0.227 e. The molecule has 6 nitrogen and oxygen atoms in total. The van der Waals surface area contributed by atoms with Crippen molar-refractivity contribution in [2.24, 2.45) is 0 Å². The van der Waals surface area contributed by atoms with Gasteiger partial charge >= 0.3 is 0 Å². The van der Waals surface area contributed by atoms with Crippen LogP contribution in [0.5, 0.6) is 0 Å². The minimum absolute atomic E-state index is 0.0546. The van der Waals surface area contributed by atoms with Crippen molar-refractivity contribution in [1.82, 2.24) is 19.9 Å². The van der Waals surface area contributed by atoms with Crippen LogP contribution in [0.4, 0.5) is 10.3 Å². The molecule has 1 atom stereocenters. The average Bonchev–Trinajstić information content (AvgIpc) is 3.20. The summed E-state index contributed by atoms with van der Waals surface area (Å²) in [5, 5.41) is 0. The second kappa shape index (κ2) is 7.95. The Morgan fingerprint density at radius 3 is 2.62 bits per heavy atom. The fraction of sp³-hybridized carbons (Fsp3) is 0.273. The van der Waals surface area contributed by atoms with Gasteiger partial charge in [-0.2, -0.15) is 0 Å². The van der Waals surface area contributed by atoms with Gasteiger partial charge in [0.2, 0.25) is 11.9 Å². The third kappa shape index (κ3) is 4.39. The summed E-state index contributed by atoms with van der Waals surface area (Å²) >= 11 is 0. The largest absolute Gasteiger partial charge is 0.368 e. The lowest BCUT2D eigenvalue weighted by Crippen LogP contribution is -2.30. The fourth-order valence-electron chi connectivity index (χ4n) is 3.67. The molecule has 1 aliphatic rings. The number of rotatable bonds is 4. The maximum atomic E-state index is 13.1. The number of nitrogens with two attached hydrogens (primary N) is 1. The number of nitrogen functional groups attached to an aromatic ring is 1. The van der Waals surface area contributed by atoms with Crippen LogP contribution in [0.25, 0.3) is 11.1 Å². The van der Waals surface area contributed by atoms with Gasteiger partial charge in [-0.05, 0) is 48.7 Å². The third-order valence-electron chi connectivity index (χ3n) is 5.21. The molecule has 148 valence electrons. The zero-order chi connectivity index (χ0) is 20.4. The van der Waals surface area contributed by atoms with Crippen LogP contribution >= 0.6 is 0 Å². The van der Waals surface area contributed by atoms with E-state index in [0.29, 0.717) is 13.1 Å². The van der Waals surface area contributed by atoms with Crippen molar-refractivity contribution in [2.75, 3.05) is 18.8 Å². The first-order valence-electron chi connectivity index (χ1n) is 9.56. The molecule has 29 heavy (non-hydrogen) atoms. The predicted octanol–water partition coefficient (Wildman–Crippen LogP) is 3.13. The summed E-state index contributed by atoms with van der Waals surface area (Å²) in [5.41, 5.74) is 10.1. The number of carbonyl (C=O) groups excluding carboxylic acids is 1. The number of hydrogen-bond donors (Lipinski definition) is 1. The summed E-state index contributed by atoms with van der Waals surface area (Å²) in [6.07, 6.45) is 4.55. The second-order valence-electron chi connectivity index (χ2n) is 7.38. The highest BCUT2D eigenvalue weighted by atomic mass is 19.1. The van der Waals surface area contributed by atoms with Gasteiger partial charge in [-0.25, -0.2) is 14.4 Å². The summed E-state index contributed by atoms with van der Waals surface area (Å²) in [6.45, 7) is 3.28. The Morgan fingerprint density at radius 2 is 1.90 bits per heavy atom. The van der Waals surface area contributed by atoms with Crippen molar-refractivity contribution in [3.63, 3.8) is 0 Å². The molecule has 1 amide bonds. The first kappa shape index (κ1) is 19.0. The van der Waals surface area contributed by atoms with Crippen molar-refractivity contribution in [1.29, 1.82) is 0 Å². The van der Waals surface area contributed by atoms with Gasteiger partial charge in [0.1, 0.15) is 5.82 Å². The zero-order valence-electron chi connectivity index (χ0n) is 16.2. The summed E-state index contributed by atoms with van der Waals surface area (Å²) < 4.78 is 13.1. The standard InChI is InChI=1S/C22H22FN5O/c1-14-8-17(18-11-25-22(24)26-12-18)10-20(27-14)16-6-7-28(13-16)21(29)9-15-2-4-19(23)5-3-15/h2-5,8,10-12,16H,6-7,9,13H2,1H3,(H2,24,25,26)/t16-/m0/s1. The lowest BCUT2D eigenvalue weighted by Gasteiger charge is -2.17. The topological polar surface area (TPSA) is 85.0 Å². The van der Waals surface area contributed by atoms with E-state index in [1.54, 1.807) is 24.5 Å². The minimum Gasteiger partial charge on any atom is -0.368 e. The van der Waals surface area contributed by atoms with Crippen LogP contribution in [0.1, 0.15) is 29.3 Å². The van der Waals surface area contributed by atoms with Gasteiger partial charge in [-0.1, -0.05) is 12.1 Å². The predicted molar refractivity (Wildman–Crippen MR) is 108 cm³/mol. The molecule has 1 saturated heterocycles. The van der Waals surface area contributed by atoms with E-state index in [4.69, 9.17) is 10.7 Å². The number of nitrogens with zero attached hydrogens (tertiary/aromatic N) is 4. The van der Waals surface area contributed by atoms with E-state index in [-0.39, 0.29) is 30.0 Å².